The lowest BCUT2D eigenvalue weighted by Gasteiger charge is -2.14. The smallest absolute Gasteiger partial charge is 0.119 e. The molecule has 1 aromatic rings. The van der Waals surface area contributed by atoms with Gasteiger partial charge in [0.25, 0.3) is 0 Å². The molecule has 0 saturated heterocycles. The van der Waals surface area contributed by atoms with Crippen LogP contribution in [0, 0.1) is 0 Å². The van der Waals surface area contributed by atoms with E-state index in [-0.39, 0.29) is 6.61 Å². The van der Waals surface area contributed by atoms with Gasteiger partial charge in [-0.1, -0.05) is 19.1 Å². The van der Waals surface area contributed by atoms with Crippen LogP contribution in [-0.2, 0) is 0 Å². The van der Waals surface area contributed by atoms with Crippen LogP contribution >= 0.6 is 0 Å². The second-order valence-electron chi connectivity index (χ2n) is 4.48. The highest BCUT2D eigenvalue weighted by Crippen LogP contribution is 2.19. The highest BCUT2D eigenvalue weighted by molar-refractivity contribution is 5.30. The van der Waals surface area contributed by atoms with Crippen molar-refractivity contribution >= 4 is 0 Å². The van der Waals surface area contributed by atoms with Gasteiger partial charge in [0, 0.05) is 12.6 Å². The highest BCUT2D eigenvalue weighted by atomic mass is 16.5. The summed E-state index contributed by atoms with van der Waals surface area (Å²) in [7, 11) is 0. The third-order valence-electron chi connectivity index (χ3n) is 2.94. The fourth-order valence-corrected chi connectivity index (χ4v) is 1.88. The summed E-state index contributed by atoms with van der Waals surface area (Å²) in [5.74, 6) is 0.932. The Morgan fingerprint density at radius 3 is 2.83 bits per heavy atom. The van der Waals surface area contributed by atoms with Crippen molar-refractivity contribution in [3.8, 4) is 5.75 Å². The summed E-state index contributed by atoms with van der Waals surface area (Å²) in [6.45, 7) is 6.23. The number of rotatable bonds is 9. The molecule has 0 fully saturated rings. The van der Waals surface area contributed by atoms with E-state index in [4.69, 9.17) is 9.84 Å². The molecule has 0 spiro atoms. The molecule has 0 aliphatic rings. The number of benzene rings is 1. The fourth-order valence-electron chi connectivity index (χ4n) is 1.88. The van der Waals surface area contributed by atoms with Crippen molar-refractivity contribution in [1.29, 1.82) is 0 Å². The Hall–Kier alpha value is -1.06. The molecule has 3 nitrogen and oxygen atoms in total. The fraction of sp³-hybridized carbons (Fsp3) is 0.600. The summed E-state index contributed by atoms with van der Waals surface area (Å²) >= 11 is 0. The van der Waals surface area contributed by atoms with Crippen LogP contribution in [-0.4, -0.2) is 24.9 Å². The minimum absolute atomic E-state index is 0.273. The molecule has 0 bridgehead atoms. The summed E-state index contributed by atoms with van der Waals surface area (Å²) in [5, 5.41) is 12.1. The maximum absolute atomic E-state index is 8.68. The lowest BCUT2D eigenvalue weighted by Crippen LogP contribution is -2.17. The first-order valence-corrected chi connectivity index (χ1v) is 6.85. The number of aliphatic hydroxyl groups excluding tert-OH is 1. The van der Waals surface area contributed by atoms with Crippen LogP contribution in [0.5, 0.6) is 5.75 Å². The Morgan fingerprint density at radius 2 is 2.11 bits per heavy atom. The van der Waals surface area contributed by atoms with Crippen molar-refractivity contribution in [1.82, 2.24) is 5.32 Å². The van der Waals surface area contributed by atoms with Gasteiger partial charge in [-0.25, -0.2) is 0 Å². The van der Waals surface area contributed by atoms with Gasteiger partial charge in [-0.15, -0.1) is 0 Å². The number of ether oxygens (including phenoxy) is 1. The maximum Gasteiger partial charge on any atom is 0.119 e. The third kappa shape index (κ3) is 5.52. The van der Waals surface area contributed by atoms with Gasteiger partial charge in [0.2, 0.25) is 0 Å². The first-order valence-electron chi connectivity index (χ1n) is 6.85. The molecule has 0 radical (unpaired) electrons. The van der Waals surface area contributed by atoms with Gasteiger partial charge < -0.3 is 15.2 Å². The molecule has 3 heteroatoms. The van der Waals surface area contributed by atoms with Gasteiger partial charge in [-0.05, 0) is 50.4 Å². The number of aliphatic hydroxyl groups is 1. The molecule has 0 saturated carbocycles. The van der Waals surface area contributed by atoms with Crippen LogP contribution < -0.4 is 10.1 Å². The molecule has 0 aliphatic carbocycles. The molecule has 1 rings (SSSR count). The van der Waals surface area contributed by atoms with E-state index in [2.05, 4.69) is 31.3 Å². The summed E-state index contributed by atoms with van der Waals surface area (Å²) in [4.78, 5) is 0. The van der Waals surface area contributed by atoms with Crippen LogP contribution in [0.15, 0.2) is 24.3 Å². The summed E-state index contributed by atoms with van der Waals surface area (Å²) in [5.41, 5.74) is 1.25. The zero-order valence-electron chi connectivity index (χ0n) is 11.5. The van der Waals surface area contributed by atoms with Crippen molar-refractivity contribution in [3.63, 3.8) is 0 Å². The van der Waals surface area contributed by atoms with Gasteiger partial charge in [-0.3, -0.25) is 0 Å². The average molecular weight is 251 g/mol. The van der Waals surface area contributed by atoms with Gasteiger partial charge in [0.05, 0.1) is 6.61 Å². The predicted molar refractivity (Wildman–Crippen MR) is 75.0 cm³/mol. The van der Waals surface area contributed by atoms with Crippen LogP contribution in [0.25, 0.3) is 0 Å². The Balaban J connectivity index is 2.39. The monoisotopic (exact) mass is 251 g/mol. The van der Waals surface area contributed by atoms with E-state index in [9.17, 15) is 0 Å². The quantitative estimate of drug-likeness (QED) is 0.663. The van der Waals surface area contributed by atoms with Gasteiger partial charge in [0.1, 0.15) is 5.75 Å². The van der Waals surface area contributed by atoms with Gasteiger partial charge >= 0.3 is 0 Å². The first-order chi connectivity index (χ1) is 8.77. The topological polar surface area (TPSA) is 41.5 Å². The molecular formula is C15H25NO2. The van der Waals surface area contributed by atoms with Gasteiger partial charge in [-0.2, -0.15) is 0 Å². The molecule has 0 heterocycles. The van der Waals surface area contributed by atoms with Crippen molar-refractivity contribution in [3.05, 3.63) is 29.8 Å². The van der Waals surface area contributed by atoms with Crippen molar-refractivity contribution < 1.29 is 9.84 Å². The minimum Gasteiger partial charge on any atom is -0.494 e. The summed E-state index contributed by atoms with van der Waals surface area (Å²) in [6, 6.07) is 8.60. The molecule has 1 atom stereocenters. The zero-order valence-corrected chi connectivity index (χ0v) is 11.5. The number of hydrogen-bond acceptors (Lipinski definition) is 3. The SMILES string of the molecule is CCNC(C)c1cccc(OCCCCCO)c1. The maximum atomic E-state index is 8.68. The van der Waals surface area contributed by atoms with Crippen LogP contribution in [0.2, 0.25) is 0 Å². The average Bonchev–Trinajstić information content (AvgIpc) is 2.39. The minimum atomic E-state index is 0.273. The molecule has 2 N–H and O–H groups in total. The largest absolute Gasteiger partial charge is 0.494 e. The van der Waals surface area contributed by atoms with E-state index in [0.29, 0.717) is 6.04 Å². The lowest BCUT2D eigenvalue weighted by atomic mass is 10.1. The van der Waals surface area contributed by atoms with Crippen molar-refractivity contribution in [2.24, 2.45) is 0 Å². The predicted octanol–water partition coefficient (Wildman–Crippen LogP) is 2.90. The van der Waals surface area contributed by atoms with Crippen LogP contribution in [0.1, 0.15) is 44.7 Å². The Morgan fingerprint density at radius 1 is 1.28 bits per heavy atom. The Bertz CT molecular complexity index is 328. The zero-order chi connectivity index (χ0) is 13.2. The van der Waals surface area contributed by atoms with E-state index >= 15 is 0 Å². The molecule has 18 heavy (non-hydrogen) atoms. The first kappa shape index (κ1) is 15.0. The number of hydrogen-bond donors (Lipinski definition) is 2. The van der Waals surface area contributed by atoms with E-state index in [1.165, 1.54) is 5.56 Å². The highest BCUT2D eigenvalue weighted by Gasteiger charge is 2.04. The van der Waals surface area contributed by atoms with Crippen molar-refractivity contribution in [2.75, 3.05) is 19.8 Å². The molecule has 102 valence electrons. The van der Waals surface area contributed by atoms with Crippen molar-refractivity contribution in [2.45, 2.75) is 39.2 Å². The molecule has 1 unspecified atom stereocenters. The Labute approximate surface area is 110 Å². The third-order valence-corrected chi connectivity index (χ3v) is 2.94. The molecule has 0 aromatic heterocycles. The van der Waals surface area contributed by atoms with Crippen LogP contribution in [0.3, 0.4) is 0 Å². The van der Waals surface area contributed by atoms with Crippen LogP contribution in [0.4, 0.5) is 0 Å². The number of nitrogens with one attached hydrogen (secondary N) is 1. The van der Waals surface area contributed by atoms with E-state index in [0.717, 1.165) is 38.2 Å². The van der Waals surface area contributed by atoms with E-state index < -0.39 is 0 Å². The van der Waals surface area contributed by atoms with Gasteiger partial charge in [0.15, 0.2) is 0 Å². The lowest BCUT2D eigenvalue weighted by molar-refractivity contribution is 0.266. The van der Waals surface area contributed by atoms with E-state index in [1.807, 2.05) is 12.1 Å². The second-order valence-corrected chi connectivity index (χ2v) is 4.48. The number of unbranched alkanes of at least 4 members (excludes halogenated alkanes) is 2. The molecular weight excluding hydrogens is 226 g/mol. The second kappa shape index (κ2) is 8.95. The Kier molecular flexibility index (Phi) is 7.46. The standard InChI is InChI=1S/C15H25NO2/c1-3-16-13(2)14-8-7-9-15(12-14)18-11-6-4-5-10-17/h7-9,12-13,16-17H,3-6,10-11H2,1-2H3. The summed E-state index contributed by atoms with van der Waals surface area (Å²) in [6.07, 6.45) is 2.87. The van der Waals surface area contributed by atoms with E-state index in [1.54, 1.807) is 0 Å². The summed E-state index contributed by atoms with van der Waals surface area (Å²) < 4.78 is 5.71. The normalized spacial score (nSPS) is 12.4. The molecule has 0 amide bonds. The molecule has 0 aliphatic heterocycles. The molecule has 1 aromatic carbocycles.